The Labute approximate surface area is 111 Å². The summed E-state index contributed by atoms with van der Waals surface area (Å²) in [5.41, 5.74) is 1.00. The summed E-state index contributed by atoms with van der Waals surface area (Å²) in [7, 11) is 1.90. The van der Waals surface area contributed by atoms with Crippen LogP contribution in [-0.4, -0.2) is 27.3 Å². The van der Waals surface area contributed by atoms with Crippen molar-refractivity contribution in [3.05, 3.63) is 48.3 Å². The van der Waals surface area contributed by atoms with Crippen LogP contribution in [0.3, 0.4) is 0 Å². The number of hydrogen-bond acceptors (Lipinski definition) is 4. The Morgan fingerprint density at radius 3 is 2.74 bits per heavy atom. The van der Waals surface area contributed by atoms with Gasteiger partial charge in [-0.1, -0.05) is 36.4 Å². The molecular formula is C14H15N5. The van der Waals surface area contributed by atoms with Gasteiger partial charge in [-0.2, -0.15) is 4.68 Å². The first-order chi connectivity index (χ1) is 9.31. The Morgan fingerprint density at radius 1 is 1.11 bits per heavy atom. The highest BCUT2D eigenvalue weighted by Gasteiger charge is 2.15. The average molecular weight is 253 g/mol. The molecule has 2 aromatic carbocycles. The lowest BCUT2D eigenvalue weighted by atomic mass is 10.1. The number of aromatic nitrogens is 4. The minimum atomic E-state index is 0.0916. The summed E-state index contributed by atoms with van der Waals surface area (Å²) in [5, 5.41) is 17.5. The lowest BCUT2D eigenvalue weighted by Crippen LogP contribution is -2.17. The van der Waals surface area contributed by atoms with Crippen LogP contribution >= 0.6 is 0 Å². The van der Waals surface area contributed by atoms with Crippen molar-refractivity contribution in [3.63, 3.8) is 0 Å². The van der Waals surface area contributed by atoms with Crippen molar-refractivity contribution in [2.75, 3.05) is 7.05 Å². The van der Waals surface area contributed by atoms with Crippen LogP contribution in [-0.2, 0) is 0 Å². The molecule has 1 aromatic heterocycles. The van der Waals surface area contributed by atoms with Gasteiger partial charge in [0.15, 0.2) is 5.82 Å². The van der Waals surface area contributed by atoms with E-state index in [0.717, 1.165) is 16.9 Å². The zero-order valence-electron chi connectivity index (χ0n) is 10.9. The van der Waals surface area contributed by atoms with Gasteiger partial charge < -0.3 is 5.32 Å². The molecule has 0 saturated carbocycles. The lowest BCUT2D eigenvalue weighted by Gasteiger charge is -2.12. The highest BCUT2D eigenvalue weighted by molar-refractivity contribution is 5.90. The molecule has 0 saturated heterocycles. The number of nitrogens with zero attached hydrogens (tertiary/aromatic N) is 4. The topological polar surface area (TPSA) is 55.6 Å². The van der Waals surface area contributed by atoms with Crippen molar-refractivity contribution in [3.8, 4) is 5.69 Å². The zero-order chi connectivity index (χ0) is 13.2. The van der Waals surface area contributed by atoms with E-state index in [1.807, 2.05) is 38.2 Å². The average Bonchev–Trinajstić information content (AvgIpc) is 2.95. The molecule has 1 N–H and O–H groups in total. The molecule has 0 aliphatic rings. The van der Waals surface area contributed by atoms with Crippen LogP contribution in [0.15, 0.2) is 42.5 Å². The van der Waals surface area contributed by atoms with Crippen molar-refractivity contribution in [1.29, 1.82) is 0 Å². The molecule has 0 amide bonds. The SMILES string of the molecule is CNC(C)c1nnnn1-c1cccc2ccccc12. The van der Waals surface area contributed by atoms with Gasteiger partial charge in [-0.15, -0.1) is 5.10 Å². The molecule has 1 atom stereocenters. The molecule has 0 fully saturated rings. The summed E-state index contributed by atoms with van der Waals surface area (Å²) < 4.78 is 1.80. The fraction of sp³-hybridized carbons (Fsp3) is 0.214. The van der Waals surface area contributed by atoms with Crippen molar-refractivity contribution in [2.24, 2.45) is 0 Å². The summed E-state index contributed by atoms with van der Waals surface area (Å²) in [6.45, 7) is 2.04. The smallest absolute Gasteiger partial charge is 0.173 e. The molecule has 96 valence electrons. The van der Waals surface area contributed by atoms with Crippen LogP contribution in [0.5, 0.6) is 0 Å². The number of nitrogens with one attached hydrogen (secondary N) is 1. The molecule has 0 radical (unpaired) electrons. The zero-order valence-corrected chi connectivity index (χ0v) is 10.9. The molecule has 0 aliphatic carbocycles. The second-order valence-corrected chi connectivity index (χ2v) is 4.46. The van der Waals surface area contributed by atoms with Crippen molar-refractivity contribution in [1.82, 2.24) is 25.5 Å². The second kappa shape index (κ2) is 4.78. The molecule has 5 nitrogen and oxygen atoms in total. The molecule has 3 rings (SSSR count). The van der Waals surface area contributed by atoms with Crippen LogP contribution in [0.25, 0.3) is 16.5 Å². The van der Waals surface area contributed by atoms with Gasteiger partial charge in [-0.05, 0) is 35.9 Å². The lowest BCUT2D eigenvalue weighted by molar-refractivity contribution is 0.589. The number of hydrogen-bond donors (Lipinski definition) is 1. The fourth-order valence-electron chi connectivity index (χ4n) is 2.16. The second-order valence-electron chi connectivity index (χ2n) is 4.46. The normalized spacial score (nSPS) is 12.7. The Morgan fingerprint density at radius 2 is 1.89 bits per heavy atom. The van der Waals surface area contributed by atoms with Crippen molar-refractivity contribution < 1.29 is 0 Å². The number of tetrazole rings is 1. The fourth-order valence-corrected chi connectivity index (χ4v) is 2.16. The summed E-state index contributed by atoms with van der Waals surface area (Å²) in [6.07, 6.45) is 0. The van der Waals surface area contributed by atoms with Gasteiger partial charge in [0.25, 0.3) is 0 Å². The molecular weight excluding hydrogens is 238 g/mol. The van der Waals surface area contributed by atoms with Crippen LogP contribution in [0, 0.1) is 0 Å². The molecule has 0 spiro atoms. The Hall–Kier alpha value is -2.27. The third-order valence-corrected chi connectivity index (χ3v) is 3.31. The standard InChI is InChI=1S/C14H15N5/c1-10(15-2)14-16-17-18-19(14)13-9-5-7-11-6-3-4-8-12(11)13/h3-10,15H,1-2H3. The number of benzene rings is 2. The van der Waals surface area contributed by atoms with Crippen LogP contribution < -0.4 is 5.32 Å². The monoisotopic (exact) mass is 253 g/mol. The number of fused-ring (bicyclic) bond motifs is 1. The predicted molar refractivity (Wildman–Crippen MR) is 74.1 cm³/mol. The summed E-state index contributed by atoms with van der Waals surface area (Å²) >= 11 is 0. The van der Waals surface area contributed by atoms with E-state index in [9.17, 15) is 0 Å². The minimum absolute atomic E-state index is 0.0916. The maximum atomic E-state index is 4.12. The largest absolute Gasteiger partial charge is 0.311 e. The quantitative estimate of drug-likeness (QED) is 0.776. The van der Waals surface area contributed by atoms with Gasteiger partial charge >= 0.3 is 0 Å². The number of rotatable bonds is 3. The first kappa shape index (κ1) is 11.8. The summed E-state index contributed by atoms with van der Waals surface area (Å²) in [5.74, 6) is 0.804. The minimum Gasteiger partial charge on any atom is -0.311 e. The van der Waals surface area contributed by atoms with E-state index in [1.54, 1.807) is 4.68 Å². The predicted octanol–water partition coefficient (Wildman–Crippen LogP) is 2.10. The Balaban J connectivity index is 2.23. The third kappa shape index (κ3) is 1.98. The molecule has 19 heavy (non-hydrogen) atoms. The van der Waals surface area contributed by atoms with Crippen LogP contribution in [0.2, 0.25) is 0 Å². The van der Waals surface area contributed by atoms with Crippen molar-refractivity contribution >= 4 is 10.8 Å². The van der Waals surface area contributed by atoms with E-state index in [-0.39, 0.29) is 6.04 Å². The molecule has 5 heteroatoms. The first-order valence-corrected chi connectivity index (χ1v) is 6.25. The molecule has 1 heterocycles. The van der Waals surface area contributed by atoms with Gasteiger partial charge in [0.2, 0.25) is 0 Å². The highest BCUT2D eigenvalue weighted by Crippen LogP contribution is 2.23. The van der Waals surface area contributed by atoms with E-state index in [1.165, 1.54) is 5.39 Å². The highest BCUT2D eigenvalue weighted by atomic mass is 15.5. The van der Waals surface area contributed by atoms with Gasteiger partial charge in [0.05, 0.1) is 11.7 Å². The van der Waals surface area contributed by atoms with Crippen molar-refractivity contribution in [2.45, 2.75) is 13.0 Å². The van der Waals surface area contributed by atoms with E-state index in [0.29, 0.717) is 0 Å². The van der Waals surface area contributed by atoms with Gasteiger partial charge in [0, 0.05) is 5.39 Å². The molecule has 0 aliphatic heterocycles. The van der Waals surface area contributed by atoms with Gasteiger partial charge in [0.1, 0.15) is 0 Å². The Bertz CT molecular complexity index is 698. The van der Waals surface area contributed by atoms with Crippen LogP contribution in [0.1, 0.15) is 18.8 Å². The maximum absolute atomic E-state index is 4.12. The van der Waals surface area contributed by atoms with Gasteiger partial charge in [-0.3, -0.25) is 0 Å². The molecule has 1 unspecified atom stereocenters. The van der Waals surface area contributed by atoms with E-state index >= 15 is 0 Å². The van der Waals surface area contributed by atoms with E-state index in [4.69, 9.17) is 0 Å². The summed E-state index contributed by atoms with van der Waals surface area (Å²) in [4.78, 5) is 0. The molecule has 0 bridgehead atoms. The third-order valence-electron chi connectivity index (χ3n) is 3.31. The van der Waals surface area contributed by atoms with E-state index < -0.39 is 0 Å². The van der Waals surface area contributed by atoms with Crippen LogP contribution in [0.4, 0.5) is 0 Å². The first-order valence-electron chi connectivity index (χ1n) is 6.25. The molecule has 3 aromatic rings. The van der Waals surface area contributed by atoms with Gasteiger partial charge in [-0.25, -0.2) is 0 Å². The summed E-state index contributed by atoms with van der Waals surface area (Å²) in [6, 6.07) is 14.5. The van der Waals surface area contributed by atoms with E-state index in [2.05, 4.69) is 39.0 Å². The maximum Gasteiger partial charge on any atom is 0.173 e. The Kier molecular flexibility index (Phi) is 2.97.